The van der Waals surface area contributed by atoms with Gasteiger partial charge in [-0.3, -0.25) is 0 Å². The van der Waals surface area contributed by atoms with Gasteiger partial charge in [0.15, 0.2) is 9.84 Å². The molecular formula is C23H27N3O6S. The zero-order valence-electron chi connectivity index (χ0n) is 19.1. The minimum absolute atomic E-state index is 0.182. The number of carbonyl (C=O) groups is 1. The van der Waals surface area contributed by atoms with Crippen molar-refractivity contribution >= 4 is 27.0 Å². The molecule has 3 heterocycles. The van der Waals surface area contributed by atoms with Gasteiger partial charge in [0.25, 0.3) is 5.88 Å². The van der Waals surface area contributed by atoms with Crippen LogP contribution in [0.15, 0.2) is 46.2 Å². The number of furan rings is 1. The number of hydrogen-bond acceptors (Lipinski definition) is 8. The Bertz CT molecular complexity index is 1250. The van der Waals surface area contributed by atoms with Gasteiger partial charge in [-0.2, -0.15) is 4.98 Å². The van der Waals surface area contributed by atoms with Gasteiger partial charge >= 0.3 is 6.09 Å². The van der Waals surface area contributed by atoms with E-state index in [9.17, 15) is 13.2 Å². The standard InChI is InChI=1S/C23H27N3O6S/c1-23(2,3)32-22(27)26-11-9-15(10-12-26)18-13-30-20-19(18)24-14-25-21(20)31-16-5-7-17(8-6-16)33(4,28)29/h5-8,13-15H,9-12H2,1-4H3. The van der Waals surface area contributed by atoms with Crippen LogP contribution in [0.2, 0.25) is 0 Å². The molecule has 9 nitrogen and oxygen atoms in total. The zero-order chi connectivity index (χ0) is 23.8. The number of carbonyl (C=O) groups excluding carboxylic acids is 1. The molecule has 33 heavy (non-hydrogen) atoms. The molecule has 4 rings (SSSR count). The van der Waals surface area contributed by atoms with E-state index in [0.29, 0.717) is 29.9 Å². The highest BCUT2D eigenvalue weighted by Gasteiger charge is 2.30. The summed E-state index contributed by atoms with van der Waals surface area (Å²) in [7, 11) is -3.29. The first-order valence-corrected chi connectivity index (χ1v) is 12.6. The minimum Gasteiger partial charge on any atom is -0.457 e. The molecule has 1 amide bonds. The SMILES string of the molecule is CC(C)(C)OC(=O)N1CCC(c2coc3c(Oc4ccc(S(C)(=O)=O)cc4)ncnc23)CC1. The molecule has 176 valence electrons. The lowest BCUT2D eigenvalue weighted by Gasteiger charge is -2.33. The van der Waals surface area contributed by atoms with Crippen LogP contribution in [0.3, 0.4) is 0 Å². The van der Waals surface area contributed by atoms with E-state index in [1.54, 1.807) is 23.3 Å². The molecule has 1 saturated heterocycles. The maximum Gasteiger partial charge on any atom is 0.410 e. The molecule has 2 aromatic heterocycles. The van der Waals surface area contributed by atoms with Crippen LogP contribution in [0.4, 0.5) is 4.79 Å². The number of fused-ring (bicyclic) bond motifs is 1. The minimum atomic E-state index is -3.29. The van der Waals surface area contributed by atoms with Gasteiger partial charge in [-0.15, -0.1) is 0 Å². The molecule has 1 aromatic carbocycles. The third-order valence-corrected chi connectivity index (χ3v) is 6.53. The van der Waals surface area contributed by atoms with Gasteiger partial charge < -0.3 is 18.8 Å². The maximum atomic E-state index is 12.3. The second-order valence-electron chi connectivity index (χ2n) is 9.13. The summed E-state index contributed by atoms with van der Waals surface area (Å²) in [5, 5.41) is 0. The smallest absolute Gasteiger partial charge is 0.410 e. The van der Waals surface area contributed by atoms with Crippen molar-refractivity contribution in [1.29, 1.82) is 0 Å². The highest BCUT2D eigenvalue weighted by molar-refractivity contribution is 7.90. The Hall–Kier alpha value is -3.14. The fourth-order valence-electron chi connectivity index (χ4n) is 3.78. The van der Waals surface area contributed by atoms with Gasteiger partial charge in [-0.1, -0.05) is 0 Å². The predicted octanol–water partition coefficient (Wildman–Crippen LogP) is 4.53. The fourth-order valence-corrected chi connectivity index (χ4v) is 4.41. The van der Waals surface area contributed by atoms with Gasteiger partial charge in [0.2, 0.25) is 5.58 Å². The van der Waals surface area contributed by atoms with Crippen molar-refractivity contribution in [2.45, 2.75) is 50.0 Å². The number of piperidine rings is 1. The van der Waals surface area contributed by atoms with Gasteiger partial charge in [0.1, 0.15) is 23.2 Å². The first-order valence-electron chi connectivity index (χ1n) is 10.7. The molecule has 1 aliphatic heterocycles. The number of sulfone groups is 1. The molecule has 0 unspecified atom stereocenters. The van der Waals surface area contributed by atoms with E-state index in [-0.39, 0.29) is 22.8 Å². The molecule has 0 N–H and O–H groups in total. The van der Waals surface area contributed by atoms with E-state index in [0.717, 1.165) is 24.7 Å². The van der Waals surface area contributed by atoms with E-state index < -0.39 is 15.4 Å². The lowest BCUT2D eigenvalue weighted by molar-refractivity contribution is 0.0205. The molecule has 0 bridgehead atoms. The summed E-state index contributed by atoms with van der Waals surface area (Å²) in [6, 6.07) is 6.10. The fraction of sp³-hybridized carbons (Fsp3) is 0.435. The van der Waals surface area contributed by atoms with Crippen LogP contribution in [-0.2, 0) is 14.6 Å². The summed E-state index contributed by atoms with van der Waals surface area (Å²) >= 11 is 0. The molecule has 3 aromatic rings. The average molecular weight is 474 g/mol. The molecule has 0 aliphatic carbocycles. The van der Waals surface area contributed by atoms with E-state index in [1.807, 2.05) is 20.8 Å². The van der Waals surface area contributed by atoms with Crippen molar-refractivity contribution in [3.05, 3.63) is 42.4 Å². The quantitative estimate of drug-likeness (QED) is 0.543. The van der Waals surface area contributed by atoms with Crippen molar-refractivity contribution < 1.29 is 27.1 Å². The number of amides is 1. The zero-order valence-corrected chi connectivity index (χ0v) is 19.9. The number of aromatic nitrogens is 2. The van der Waals surface area contributed by atoms with E-state index >= 15 is 0 Å². The number of likely N-dealkylation sites (tertiary alicyclic amines) is 1. The van der Waals surface area contributed by atoms with Crippen LogP contribution in [0.5, 0.6) is 11.6 Å². The number of rotatable bonds is 4. The highest BCUT2D eigenvalue weighted by Crippen LogP contribution is 2.37. The van der Waals surface area contributed by atoms with Crippen LogP contribution >= 0.6 is 0 Å². The van der Waals surface area contributed by atoms with Crippen LogP contribution in [0, 0.1) is 0 Å². The summed E-state index contributed by atoms with van der Waals surface area (Å²) in [6.07, 6.45) is 5.48. The lowest BCUT2D eigenvalue weighted by Crippen LogP contribution is -2.41. The normalized spacial score (nSPS) is 15.6. The van der Waals surface area contributed by atoms with Crippen LogP contribution in [0.25, 0.3) is 11.1 Å². The molecule has 0 spiro atoms. The Morgan fingerprint density at radius 1 is 1.12 bits per heavy atom. The van der Waals surface area contributed by atoms with Crippen LogP contribution in [-0.4, -0.2) is 54.3 Å². The van der Waals surface area contributed by atoms with Gasteiger partial charge in [0, 0.05) is 24.9 Å². The predicted molar refractivity (Wildman–Crippen MR) is 121 cm³/mol. The maximum absolute atomic E-state index is 12.3. The van der Waals surface area contributed by atoms with Crippen molar-refractivity contribution in [1.82, 2.24) is 14.9 Å². The topological polar surface area (TPSA) is 112 Å². The van der Waals surface area contributed by atoms with E-state index in [1.165, 1.54) is 18.5 Å². The largest absolute Gasteiger partial charge is 0.457 e. The first kappa shape index (κ1) is 23.0. The van der Waals surface area contributed by atoms with Crippen molar-refractivity contribution in [3.8, 4) is 11.6 Å². The summed E-state index contributed by atoms with van der Waals surface area (Å²) in [5.74, 6) is 0.872. The number of ether oxygens (including phenoxy) is 2. The van der Waals surface area contributed by atoms with Gasteiger partial charge in [0.05, 0.1) is 11.2 Å². The lowest BCUT2D eigenvalue weighted by atomic mass is 9.90. The molecule has 10 heteroatoms. The summed E-state index contributed by atoms with van der Waals surface area (Å²) < 4.78 is 40.4. The summed E-state index contributed by atoms with van der Waals surface area (Å²) in [5.41, 5.74) is 1.53. The Kier molecular flexibility index (Phi) is 6.04. The molecule has 1 fully saturated rings. The number of benzene rings is 1. The second kappa shape index (κ2) is 8.66. The Morgan fingerprint density at radius 3 is 2.39 bits per heavy atom. The molecule has 0 atom stereocenters. The third-order valence-electron chi connectivity index (χ3n) is 5.40. The Balaban J connectivity index is 1.48. The molecular weight excluding hydrogens is 446 g/mol. The molecule has 0 radical (unpaired) electrons. The first-order chi connectivity index (χ1) is 15.5. The second-order valence-corrected chi connectivity index (χ2v) is 11.2. The van der Waals surface area contributed by atoms with Crippen molar-refractivity contribution in [2.24, 2.45) is 0 Å². The van der Waals surface area contributed by atoms with Crippen molar-refractivity contribution in [2.75, 3.05) is 19.3 Å². The summed E-state index contributed by atoms with van der Waals surface area (Å²) in [6.45, 7) is 6.75. The van der Waals surface area contributed by atoms with Crippen LogP contribution < -0.4 is 4.74 Å². The molecule has 1 aliphatic rings. The van der Waals surface area contributed by atoms with Crippen LogP contribution in [0.1, 0.15) is 45.1 Å². The molecule has 0 saturated carbocycles. The monoisotopic (exact) mass is 473 g/mol. The Labute approximate surface area is 192 Å². The summed E-state index contributed by atoms with van der Waals surface area (Å²) in [4.78, 5) is 22.9. The third kappa shape index (κ3) is 5.27. The highest BCUT2D eigenvalue weighted by atomic mass is 32.2. The van der Waals surface area contributed by atoms with Crippen molar-refractivity contribution in [3.63, 3.8) is 0 Å². The Morgan fingerprint density at radius 2 is 1.79 bits per heavy atom. The van der Waals surface area contributed by atoms with Gasteiger partial charge in [-0.05, 0) is 63.8 Å². The number of hydrogen-bond donors (Lipinski definition) is 0. The average Bonchev–Trinajstić information content (AvgIpc) is 3.18. The number of nitrogens with zero attached hydrogens (tertiary/aromatic N) is 3. The van der Waals surface area contributed by atoms with Gasteiger partial charge in [-0.25, -0.2) is 18.2 Å². The van der Waals surface area contributed by atoms with E-state index in [4.69, 9.17) is 13.9 Å². The van der Waals surface area contributed by atoms with E-state index in [2.05, 4.69) is 9.97 Å².